The molecule has 2 atom stereocenters. The van der Waals surface area contributed by atoms with Crippen molar-refractivity contribution in [3.05, 3.63) is 71.8 Å². The van der Waals surface area contributed by atoms with Gasteiger partial charge in [0.05, 0.1) is 11.7 Å². The van der Waals surface area contributed by atoms with Gasteiger partial charge in [0.15, 0.2) is 0 Å². The number of anilines is 4. The number of nitrogens with zero attached hydrogens (tertiary/aromatic N) is 1. The molecule has 0 radical (unpaired) electrons. The number of para-hydroxylation sites is 1. The van der Waals surface area contributed by atoms with Gasteiger partial charge in [-0.3, -0.25) is 4.79 Å². The average molecular weight is 431 g/mol. The van der Waals surface area contributed by atoms with Gasteiger partial charge in [-0.2, -0.15) is 0 Å². The Bertz CT molecular complexity index is 1160. The molecule has 7 heteroatoms. The largest absolute Gasteiger partial charge is 0.492 e. The van der Waals surface area contributed by atoms with E-state index in [4.69, 9.17) is 15.2 Å². The lowest BCUT2D eigenvalue weighted by Crippen LogP contribution is -2.16. The van der Waals surface area contributed by atoms with Crippen LogP contribution in [-0.2, 0) is 4.79 Å². The Labute approximate surface area is 186 Å². The zero-order chi connectivity index (χ0) is 22.2. The van der Waals surface area contributed by atoms with Gasteiger partial charge in [-0.1, -0.05) is 18.2 Å². The number of carbonyl (C=O) groups is 1. The Morgan fingerprint density at radius 2 is 1.91 bits per heavy atom. The molecular weight excluding hydrogens is 406 g/mol. The van der Waals surface area contributed by atoms with Crippen LogP contribution in [0.2, 0.25) is 0 Å². The fraction of sp³-hybridized carbons (Fsp3) is 0.240. The lowest BCUT2D eigenvalue weighted by atomic mass is 10.0. The summed E-state index contributed by atoms with van der Waals surface area (Å²) in [5, 5.41) is 12.8. The van der Waals surface area contributed by atoms with Gasteiger partial charge < -0.3 is 30.5 Å². The normalized spacial score (nSPS) is 18.3. The number of hydrogen-bond donors (Lipinski definition) is 3. The van der Waals surface area contributed by atoms with Crippen LogP contribution in [0.15, 0.2) is 60.7 Å². The summed E-state index contributed by atoms with van der Waals surface area (Å²) in [6.45, 7) is 3.57. The summed E-state index contributed by atoms with van der Waals surface area (Å²) in [5.74, 6) is 0.0185. The fourth-order valence-corrected chi connectivity index (χ4v) is 4.41. The summed E-state index contributed by atoms with van der Waals surface area (Å²) < 4.78 is 11.7. The lowest BCUT2D eigenvalue weighted by molar-refractivity contribution is -0.138. The van der Waals surface area contributed by atoms with Gasteiger partial charge in [-0.05, 0) is 43.3 Å². The van der Waals surface area contributed by atoms with E-state index in [1.807, 2.05) is 48.5 Å². The third kappa shape index (κ3) is 3.45. The van der Waals surface area contributed by atoms with Crippen molar-refractivity contribution >= 4 is 28.7 Å². The maximum Gasteiger partial charge on any atom is 0.314 e. The Morgan fingerprint density at radius 1 is 1.09 bits per heavy atom. The van der Waals surface area contributed by atoms with Gasteiger partial charge in [0.1, 0.15) is 30.6 Å². The van der Waals surface area contributed by atoms with Crippen molar-refractivity contribution in [2.24, 2.45) is 0 Å². The third-order valence-corrected chi connectivity index (χ3v) is 6.04. The van der Waals surface area contributed by atoms with Gasteiger partial charge in [0.25, 0.3) is 0 Å². The van der Waals surface area contributed by atoms with E-state index in [1.54, 1.807) is 0 Å². The van der Waals surface area contributed by atoms with E-state index in [1.165, 1.54) is 0 Å². The number of nitrogens with one attached hydrogen (secondary N) is 1. The van der Waals surface area contributed by atoms with Crippen LogP contribution in [0.3, 0.4) is 0 Å². The maximum atomic E-state index is 11.4. The van der Waals surface area contributed by atoms with Crippen LogP contribution in [0, 0.1) is 0 Å². The first-order valence-corrected chi connectivity index (χ1v) is 10.7. The van der Waals surface area contributed by atoms with Crippen molar-refractivity contribution < 1.29 is 19.4 Å². The predicted octanol–water partition coefficient (Wildman–Crippen LogP) is 4.53. The minimum Gasteiger partial charge on any atom is -0.492 e. The molecule has 2 heterocycles. The molecule has 0 saturated carbocycles. The summed E-state index contributed by atoms with van der Waals surface area (Å²) in [6, 6.07) is 19.6. The molecular formula is C25H25N3O4. The second-order valence-electron chi connectivity index (χ2n) is 7.99. The zero-order valence-electron chi connectivity index (χ0n) is 17.7. The Balaban J connectivity index is 1.41. The zero-order valence-corrected chi connectivity index (χ0v) is 17.7. The molecule has 2 aliphatic rings. The molecule has 32 heavy (non-hydrogen) atoms. The lowest BCUT2D eigenvalue weighted by Gasteiger charge is -2.25. The highest BCUT2D eigenvalue weighted by Gasteiger charge is 2.32. The topological polar surface area (TPSA) is 97.0 Å². The van der Waals surface area contributed by atoms with Crippen LogP contribution in [0.5, 0.6) is 11.5 Å². The number of carboxylic acids is 1. The molecule has 0 spiro atoms. The van der Waals surface area contributed by atoms with Gasteiger partial charge in [-0.25, -0.2) is 0 Å². The van der Waals surface area contributed by atoms with Gasteiger partial charge >= 0.3 is 5.97 Å². The highest BCUT2D eigenvalue weighted by atomic mass is 16.5. The maximum absolute atomic E-state index is 11.4. The highest BCUT2D eigenvalue weighted by Crippen LogP contribution is 2.44. The quantitative estimate of drug-likeness (QED) is 0.493. The number of rotatable bonds is 6. The van der Waals surface area contributed by atoms with Crippen molar-refractivity contribution in [2.45, 2.75) is 18.9 Å². The number of nitrogen functional groups attached to an aromatic ring is 1. The van der Waals surface area contributed by atoms with E-state index >= 15 is 0 Å². The Hall–Kier alpha value is -3.87. The molecule has 0 saturated heterocycles. The molecule has 2 aliphatic heterocycles. The smallest absolute Gasteiger partial charge is 0.314 e. The van der Waals surface area contributed by atoms with Gasteiger partial charge in [0.2, 0.25) is 0 Å². The summed E-state index contributed by atoms with van der Waals surface area (Å²) in [4.78, 5) is 13.6. The first-order valence-electron chi connectivity index (χ1n) is 10.7. The minimum atomic E-state index is -0.864. The van der Waals surface area contributed by atoms with E-state index in [-0.39, 0.29) is 12.6 Å². The molecule has 0 aliphatic carbocycles. The van der Waals surface area contributed by atoms with Crippen LogP contribution in [0.25, 0.3) is 0 Å². The average Bonchev–Trinajstić information content (AvgIpc) is 3.40. The number of carboxylic acid groups (broad SMARTS) is 1. The molecule has 7 nitrogen and oxygen atoms in total. The van der Waals surface area contributed by atoms with Crippen molar-refractivity contribution in [3.8, 4) is 11.5 Å². The second-order valence-corrected chi connectivity index (χ2v) is 7.99. The molecule has 5 rings (SSSR count). The summed E-state index contributed by atoms with van der Waals surface area (Å²) in [6.07, 6.45) is 0. The molecule has 0 amide bonds. The van der Waals surface area contributed by atoms with Gasteiger partial charge in [-0.15, -0.1) is 0 Å². The molecule has 3 aromatic carbocycles. The number of hydrogen-bond acceptors (Lipinski definition) is 6. The van der Waals surface area contributed by atoms with E-state index in [0.717, 1.165) is 46.2 Å². The van der Waals surface area contributed by atoms with Crippen molar-refractivity contribution in [1.82, 2.24) is 0 Å². The third-order valence-electron chi connectivity index (χ3n) is 6.04. The molecule has 0 aromatic heterocycles. The number of ether oxygens (including phenoxy) is 2. The van der Waals surface area contributed by atoms with Crippen molar-refractivity contribution in [2.75, 3.05) is 35.7 Å². The Morgan fingerprint density at radius 3 is 2.66 bits per heavy atom. The number of fused-ring (bicyclic) bond motifs is 2. The number of benzene rings is 3. The SMILES string of the molecule is CCN(c1ccc(N)cc1)c1cccc2c1OCC2Nc1ccc2c(c1)OCC2C(=O)O. The second kappa shape index (κ2) is 8.00. The standard InChI is InChI=1S/C25H25N3O4/c1-2-28(17-9-6-15(26)7-10-17)22-5-3-4-19-21(14-32-24(19)22)27-16-8-11-18-20(25(29)30)13-31-23(18)12-16/h3-12,20-21,27H,2,13-14,26H2,1H3,(H,29,30). The van der Waals surface area contributed by atoms with Crippen LogP contribution >= 0.6 is 0 Å². The van der Waals surface area contributed by atoms with E-state index < -0.39 is 11.9 Å². The molecule has 2 unspecified atom stereocenters. The van der Waals surface area contributed by atoms with Crippen LogP contribution in [0.1, 0.15) is 30.0 Å². The van der Waals surface area contributed by atoms with Gasteiger partial charge in [0, 0.05) is 40.8 Å². The first-order chi connectivity index (χ1) is 15.5. The van der Waals surface area contributed by atoms with E-state index in [9.17, 15) is 9.90 Å². The summed E-state index contributed by atoms with van der Waals surface area (Å²) in [5.41, 5.74) is 11.3. The van der Waals surface area contributed by atoms with Crippen molar-refractivity contribution in [3.63, 3.8) is 0 Å². The summed E-state index contributed by atoms with van der Waals surface area (Å²) >= 11 is 0. The van der Waals surface area contributed by atoms with Crippen LogP contribution < -0.4 is 25.4 Å². The first kappa shape index (κ1) is 20.1. The molecule has 164 valence electrons. The summed E-state index contributed by atoms with van der Waals surface area (Å²) in [7, 11) is 0. The molecule has 3 aromatic rings. The fourth-order valence-electron chi connectivity index (χ4n) is 4.41. The monoisotopic (exact) mass is 431 g/mol. The molecule has 0 fully saturated rings. The minimum absolute atomic E-state index is 0.0233. The Kier molecular flexibility index (Phi) is 5.01. The van der Waals surface area contributed by atoms with Crippen molar-refractivity contribution in [1.29, 1.82) is 0 Å². The molecule has 0 bridgehead atoms. The molecule has 4 N–H and O–H groups in total. The number of aliphatic carboxylic acids is 1. The van der Waals surface area contributed by atoms with Crippen LogP contribution in [-0.4, -0.2) is 30.8 Å². The highest BCUT2D eigenvalue weighted by molar-refractivity contribution is 5.79. The van der Waals surface area contributed by atoms with E-state index in [0.29, 0.717) is 12.4 Å². The number of nitrogens with two attached hydrogens (primary N) is 1. The van der Waals surface area contributed by atoms with E-state index in [2.05, 4.69) is 29.3 Å². The predicted molar refractivity (Wildman–Crippen MR) is 124 cm³/mol. The van der Waals surface area contributed by atoms with Crippen LogP contribution in [0.4, 0.5) is 22.7 Å².